The molecule has 1 aliphatic carbocycles. The van der Waals surface area contributed by atoms with Crippen molar-refractivity contribution < 1.29 is 14.7 Å². The molecule has 0 aliphatic heterocycles. The molecule has 0 bridgehead atoms. The van der Waals surface area contributed by atoms with E-state index in [4.69, 9.17) is 5.11 Å². The molecule has 1 saturated carbocycles. The van der Waals surface area contributed by atoms with Crippen LogP contribution in [0, 0.1) is 11.8 Å². The Morgan fingerprint density at radius 3 is 2.75 bits per heavy atom. The number of allylic oxidation sites excluding steroid dienone is 2. The molecule has 0 aromatic rings. The molecule has 4 heteroatoms. The van der Waals surface area contributed by atoms with Crippen molar-refractivity contribution in [1.29, 1.82) is 0 Å². The number of carbonyl (C=O) groups is 2. The molecule has 16 heavy (non-hydrogen) atoms. The molecule has 92 valence electrons. The van der Waals surface area contributed by atoms with Gasteiger partial charge in [-0.05, 0) is 25.2 Å². The van der Waals surface area contributed by atoms with Gasteiger partial charge >= 0.3 is 5.97 Å². The Morgan fingerprint density at radius 2 is 2.19 bits per heavy atom. The van der Waals surface area contributed by atoms with Gasteiger partial charge < -0.3 is 5.11 Å². The Bertz CT molecular complexity index is 273. The van der Waals surface area contributed by atoms with Crippen LogP contribution in [0.4, 0.5) is 0 Å². The van der Waals surface area contributed by atoms with Crippen molar-refractivity contribution in [1.82, 2.24) is 0 Å². The van der Waals surface area contributed by atoms with Crippen molar-refractivity contribution in [2.24, 2.45) is 11.8 Å². The number of halogens is 1. The van der Waals surface area contributed by atoms with Crippen LogP contribution in [0.5, 0.6) is 0 Å². The van der Waals surface area contributed by atoms with E-state index in [9.17, 15) is 9.59 Å². The number of ketones is 1. The summed E-state index contributed by atoms with van der Waals surface area (Å²) in [6.45, 7) is 2.04. The number of Topliss-reactive ketones (excluding diaryl/α,β-unsaturated/α-hetero) is 1. The van der Waals surface area contributed by atoms with E-state index in [1.165, 1.54) is 0 Å². The Morgan fingerprint density at radius 1 is 1.50 bits per heavy atom. The van der Waals surface area contributed by atoms with Gasteiger partial charge in [0.15, 0.2) is 0 Å². The Hall–Kier alpha value is -0.830. The van der Waals surface area contributed by atoms with Crippen molar-refractivity contribution in [3.05, 3.63) is 12.2 Å². The number of carboxylic acid groups (broad SMARTS) is 1. The van der Waals surface area contributed by atoms with Crippen molar-refractivity contribution >= 4 is 24.2 Å². The maximum Gasteiger partial charge on any atom is 0.303 e. The summed E-state index contributed by atoms with van der Waals surface area (Å²) < 4.78 is 0. The summed E-state index contributed by atoms with van der Waals surface area (Å²) >= 11 is 0. The fourth-order valence-corrected chi connectivity index (χ4v) is 2.18. The SMILES string of the molecule is CC/C=C\C[C@@H]1C(=O)CC[C@H]1CC(=O)O.Cl. The average Bonchev–Trinajstić information content (AvgIpc) is 2.49. The van der Waals surface area contributed by atoms with Crippen LogP contribution in [-0.4, -0.2) is 16.9 Å². The fraction of sp³-hybridized carbons (Fsp3) is 0.667. The molecule has 0 radical (unpaired) electrons. The smallest absolute Gasteiger partial charge is 0.303 e. The molecule has 0 aromatic carbocycles. The van der Waals surface area contributed by atoms with E-state index in [1.54, 1.807) is 0 Å². The van der Waals surface area contributed by atoms with Gasteiger partial charge in [0.1, 0.15) is 5.78 Å². The molecule has 1 aliphatic rings. The maximum absolute atomic E-state index is 11.5. The van der Waals surface area contributed by atoms with Gasteiger partial charge in [-0.3, -0.25) is 9.59 Å². The van der Waals surface area contributed by atoms with Gasteiger partial charge in [0.2, 0.25) is 0 Å². The minimum absolute atomic E-state index is 0. The van der Waals surface area contributed by atoms with Crippen molar-refractivity contribution in [2.75, 3.05) is 0 Å². The predicted octanol–water partition coefficient (Wildman–Crippen LogP) is 2.83. The minimum atomic E-state index is -0.792. The van der Waals surface area contributed by atoms with Crippen LogP contribution < -0.4 is 0 Å². The van der Waals surface area contributed by atoms with Gasteiger partial charge in [-0.15, -0.1) is 12.4 Å². The molecule has 2 atom stereocenters. The van der Waals surface area contributed by atoms with Crippen LogP contribution >= 0.6 is 12.4 Å². The molecule has 0 heterocycles. The van der Waals surface area contributed by atoms with Gasteiger partial charge in [-0.2, -0.15) is 0 Å². The summed E-state index contributed by atoms with van der Waals surface area (Å²) in [6.07, 6.45) is 7.15. The first kappa shape index (κ1) is 15.2. The zero-order valence-electron chi connectivity index (χ0n) is 9.52. The molecular formula is C12H19ClO3. The molecule has 1 fully saturated rings. The quantitative estimate of drug-likeness (QED) is 0.759. The highest BCUT2D eigenvalue weighted by molar-refractivity contribution is 5.85. The Labute approximate surface area is 102 Å². The van der Waals surface area contributed by atoms with Crippen LogP contribution in [-0.2, 0) is 9.59 Å². The van der Waals surface area contributed by atoms with E-state index < -0.39 is 5.97 Å². The van der Waals surface area contributed by atoms with E-state index in [0.717, 1.165) is 12.8 Å². The summed E-state index contributed by atoms with van der Waals surface area (Å²) in [6, 6.07) is 0. The van der Waals surface area contributed by atoms with Gasteiger partial charge in [0.05, 0.1) is 0 Å². The number of rotatable bonds is 5. The third-order valence-corrected chi connectivity index (χ3v) is 2.97. The van der Waals surface area contributed by atoms with Crippen molar-refractivity contribution in [3.8, 4) is 0 Å². The molecule has 0 unspecified atom stereocenters. The lowest BCUT2D eigenvalue weighted by Gasteiger charge is -2.14. The summed E-state index contributed by atoms with van der Waals surface area (Å²) in [4.78, 5) is 22.1. The fourth-order valence-electron chi connectivity index (χ4n) is 2.18. The number of hydrogen-bond acceptors (Lipinski definition) is 2. The molecule has 0 spiro atoms. The maximum atomic E-state index is 11.5. The van der Waals surface area contributed by atoms with Gasteiger partial charge in [0.25, 0.3) is 0 Å². The molecular weight excluding hydrogens is 228 g/mol. The number of carbonyl (C=O) groups excluding carboxylic acids is 1. The number of aliphatic carboxylic acids is 1. The largest absolute Gasteiger partial charge is 0.481 e. The van der Waals surface area contributed by atoms with E-state index in [-0.39, 0.29) is 36.4 Å². The number of carboxylic acids is 1. The Kier molecular flexibility index (Phi) is 7.06. The first-order valence-electron chi connectivity index (χ1n) is 5.54. The minimum Gasteiger partial charge on any atom is -0.481 e. The molecule has 3 nitrogen and oxygen atoms in total. The highest BCUT2D eigenvalue weighted by atomic mass is 35.5. The topological polar surface area (TPSA) is 54.4 Å². The molecule has 0 aromatic heterocycles. The zero-order chi connectivity index (χ0) is 11.3. The van der Waals surface area contributed by atoms with Crippen LogP contribution in [0.1, 0.15) is 39.0 Å². The Balaban J connectivity index is 0.00000225. The summed E-state index contributed by atoms with van der Waals surface area (Å²) in [7, 11) is 0. The van der Waals surface area contributed by atoms with Crippen LogP contribution in [0.3, 0.4) is 0 Å². The second-order valence-electron chi connectivity index (χ2n) is 4.08. The average molecular weight is 247 g/mol. The van der Waals surface area contributed by atoms with Gasteiger partial charge in [0, 0.05) is 18.8 Å². The van der Waals surface area contributed by atoms with Crippen LogP contribution in [0.15, 0.2) is 12.2 Å². The van der Waals surface area contributed by atoms with Crippen LogP contribution in [0.25, 0.3) is 0 Å². The second-order valence-corrected chi connectivity index (χ2v) is 4.08. The van der Waals surface area contributed by atoms with Crippen LogP contribution in [0.2, 0.25) is 0 Å². The third kappa shape index (κ3) is 4.35. The zero-order valence-corrected chi connectivity index (χ0v) is 10.3. The normalized spacial score (nSPS) is 24.7. The van der Waals surface area contributed by atoms with E-state index in [0.29, 0.717) is 12.8 Å². The molecule has 1 N–H and O–H groups in total. The van der Waals surface area contributed by atoms with E-state index in [2.05, 4.69) is 0 Å². The number of hydrogen-bond donors (Lipinski definition) is 1. The molecule has 0 saturated heterocycles. The summed E-state index contributed by atoms with van der Waals surface area (Å²) in [5, 5.41) is 8.72. The lowest BCUT2D eigenvalue weighted by molar-refractivity contribution is -0.138. The highest BCUT2D eigenvalue weighted by Crippen LogP contribution is 2.33. The molecule has 1 rings (SSSR count). The van der Waals surface area contributed by atoms with Gasteiger partial charge in [-0.25, -0.2) is 0 Å². The summed E-state index contributed by atoms with van der Waals surface area (Å²) in [5.74, 6) is -0.554. The first-order chi connectivity index (χ1) is 7.15. The monoisotopic (exact) mass is 246 g/mol. The van der Waals surface area contributed by atoms with Crippen molar-refractivity contribution in [2.45, 2.75) is 39.0 Å². The van der Waals surface area contributed by atoms with E-state index >= 15 is 0 Å². The van der Waals surface area contributed by atoms with Crippen molar-refractivity contribution in [3.63, 3.8) is 0 Å². The first-order valence-corrected chi connectivity index (χ1v) is 5.54. The second kappa shape index (κ2) is 7.44. The predicted molar refractivity (Wildman–Crippen MR) is 64.8 cm³/mol. The highest BCUT2D eigenvalue weighted by Gasteiger charge is 2.34. The summed E-state index contributed by atoms with van der Waals surface area (Å²) in [5.41, 5.74) is 0. The third-order valence-electron chi connectivity index (χ3n) is 2.97. The van der Waals surface area contributed by atoms with E-state index in [1.807, 2.05) is 19.1 Å². The standard InChI is InChI=1S/C12H18O3.ClH/c1-2-3-4-5-10-9(8-12(14)15)6-7-11(10)13;/h3-4,9-10H,2,5-8H2,1H3,(H,14,15);1H/b4-3-;/t9-,10-;/m0./s1. The lowest BCUT2D eigenvalue weighted by Crippen LogP contribution is -2.17. The van der Waals surface area contributed by atoms with Gasteiger partial charge in [-0.1, -0.05) is 19.1 Å². The lowest BCUT2D eigenvalue weighted by atomic mass is 9.89. The molecule has 0 amide bonds.